The number of anilines is 1. The average Bonchev–Trinajstić information content (AvgIpc) is 2.53. The zero-order valence-corrected chi connectivity index (χ0v) is 11.9. The minimum Gasteiger partial charge on any atom is -0.317 e. The van der Waals surface area contributed by atoms with E-state index in [1.165, 1.54) is 12.1 Å². The van der Waals surface area contributed by atoms with Crippen molar-refractivity contribution in [3.63, 3.8) is 0 Å². The van der Waals surface area contributed by atoms with Gasteiger partial charge >= 0.3 is 0 Å². The lowest BCUT2D eigenvalue weighted by molar-refractivity contribution is -0.111. The van der Waals surface area contributed by atoms with E-state index in [0.29, 0.717) is 10.6 Å². The number of rotatable bonds is 3. The van der Waals surface area contributed by atoms with Crippen LogP contribution in [-0.2, 0) is 4.79 Å². The predicted molar refractivity (Wildman–Crippen MR) is 75.3 cm³/mol. The van der Waals surface area contributed by atoms with E-state index in [1.54, 1.807) is 23.5 Å². The van der Waals surface area contributed by atoms with Crippen LogP contribution in [0.25, 0.3) is 6.08 Å². The van der Waals surface area contributed by atoms with E-state index in [4.69, 9.17) is 11.6 Å². The standard InChI is InChI=1S/C15H7ClF5NO/c16-8-3-1-2-7(6-8)4-5-9(23)22-15-13(20)11(18)10(17)12(19)14(15)21/h1-6H,(H,22,23)/b5-4+. The van der Waals surface area contributed by atoms with Gasteiger partial charge in [-0.3, -0.25) is 4.79 Å². The molecule has 0 bridgehead atoms. The van der Waals surface area contributed by atoms with Gasteiger partial charge in [-0.1, -0.05) is 23.7 Å². The maximum atomic E-state index is 13.4. The normalized spacial score (nSPS) is 11.0. The molecule has 0 aliphatic carbocycles. The fourth-order valence-electron chi connectivity index (χ4n) is 1.66. The molecule has 0 spiro atoms. The molecule has 120 valence electrons. The summed E-state index contributed by atoms with van der Waals surface area (Å²) in [7, 11) is 0. The summed E-state index contributed by atoms with van der Waals surface area (Å²) in [5.41, 5.74) is -0.910. The monoisotopic (exact) mass is 347 g/mol. The highest BCUT2D eigenvalue weighted by Crippen LogP contribution is 2.27. The molecule has 2 aromatic rings. The fraction of sp³-hybridized carbons (Fsp3) is 0. The first-order valence-electron chi connectivity index (χ1n) is 6.07. The van der Waals surface area contributed by atoms with E-state index < -0.39 is 40.7 Å². The van der Waals surface area contributed by atoms with E-state index in [1.807, 2.05) is 0 Å². The first-order valence-corrected chi connectivity index (χ1v) is 6.45. The maximum Gasteiger partial charge on any atom is 0.248 e. The van der Waals surface area contributed by atoms with Crippen molar-refractivity contribution in [3.05, 3.63) is 70.0 Å². The number of carbonyl (C=O) groups is 1. The van der Waals surface area contributed by atoms with Gasteiger partial charge < -0.3 is 5.32 Å². The van der Waals surface area contributed by atoms with Crippen LogP contribution >= 0.6 is 11.6 Å². The molecular weight excluding hydrogens is 341 g/mol. The molecule has 0 atom stereocenters. The van der Waals surface area contributed by atoms with Gasteiger partial charge in [-0.25, -0.2) is 22.0 Å². The highest BCUT2D eigenvalue weighted by atomic mass is 35.5. The summed E-state index contributed by atoms with van der Waals surface area (Å²) < 4.78 is 65.7. The minimum absolute atomic E-state index is 0.396. The van der Waals surface area contributed by atoms with Crippen LogP contribution in [0, 0.1) is 29.1 Å². The Kier molecular flexibility index (Phi) is 5.00. The SMILES string of the molecule is O=C(/C=C/c1cccc(Cl)c1)Nc1c(F)c(F)c(F)c(F)c1F. The van der Waals surface area contributed by atoms with Crippen molar-refractivity contribution in [1.82, 2.24) is 0 Å². The molecule has 0 fully saturated rings. The van der Waals surface area contributed by atoms with E-state index in [9.17, 15) is 26.7 Å². The Bertz CT molecular complexity index is 778. The van der Waals surface area contributed by atoms with Gasteiger partial charge in [-0.05, 0) is 23.8 Å². The van der Waals surface area contributed by atoms with Crippen molar-refractivity contribution in [2.75, 3.05) is 5.32 Å². The number of hydrogen-bond donors (Lipinski definition) is 1. The summed E-state index contributed by atoms with van der Waals surface area (Å²) in [6, 6.07) is 6.29. The number of benzene rings is 2. The Morgan fingerprint density at radius 1 is 0.957 bits per heavy atom. The van der Waals surface area contributed by atoms with E-state index >= 15 is 0 Å². The van der Waals surface area contributed by atoms with Crippen molar-refractivity contribution < 1.29 is 26.7 Å². The number of carbonyl (C=O) groups excluding carboxylic acids is 1. The summed E-state index contributed by atoms with van der Waals surface area (Å²) in [4.78, 5) is 11.6. The van der Waals surface area contributed by atoms with Gasteiger partial charge in [-0.15, -0.1) is 0 Å². The average molecular weight is 348 g/mol. The van der Waals surface area contributed by atoms with Crippen LogP contribution in [0.4, 0.5) is 27.6 Å². The van der Waals surface area contributed by atoms with Gasteiger partial charge in [0.2, 0.25) is 11.7 Å². The lowest BCUT2D eigenvalue weighted by Crippen LogP contribution is -2.14. The molecule has 0 aliphatic heterocycles. The summed E-state index contributed by atoms with van der Waals surface area (Å²) >= 11 is 5.73. The maximum absolute atomic E-state index is 13.4. The van der Waals surface area contributed by atoms with Gasteiger partial charge in [0.1, 0.15) is 5.69 Å². The number of hydrogen-bond acceptors (Lipinski definition) is 1. The molecular formula is C15H7ClF5NO. The highest BCUT2D eigenvalue weighted by Gasteiger charge is 2.26. The summed E-state index contributed by atoms with van der Waals surface area (Å²) in [5, 5.41) is 2.01. The van der Waals surface area contributed by atoms with Crippen LogP contribution in [0.5, 0.6) is 0 Å². The summed E-state index contributed by atoms with van der Waals surface area (Å²) in [6.07, 6.45) is 2.12. The van der Waals surface area contributed by atoms with E-state index in [-0.39, 0.29) is 0 Å². The van der Waals surface area contributed by atoms with Crippen molar-refractivity contribution in [2.24, 2.45) is 0 Å². The van der Waals surface area contributed by atoms with Crippen LogP contribution in [0.1, 0.15) is 5.56 Å². The number of nitrogens with one attached hydrogen (secondary N) is 1. The lowest BCUT2D eigenvalue weighted by atomic mass is 10.2. The van der Waals surface area contributed by atoms with Gasteiger partial charge in [0.05, 0.1) is 0 Å². The molecule has 23 heavy (non-hydrogen) atoms. The second-order valence-electron chi connectivity index (χ2n) is 4.32. The molecule has 0 aromatic heterocycles. The van der Waals surface area contributed by atoms with Crippen LogP contribution in [0.2, 0.25) is 5.02 Å². The smallest absolute Gasteiger partial charge is 0.248 e. The third-order valence-corrected chi connectivity index (χ3v) is 2.97. The zero-order chi connectivity index (χ0) is 17.1. The first kappa shape index (κ1) is 17.0. The van der Waals surface area contributed by atoms with Gasteiger partial charge in [0.15, 0.2) is 23.3 Å². The fourth-order valence-corrected chi connectivity index (χ4v) is 1.86. The Morgan fingerprint density at radius 3 is 2.09 bits per heavy atom. The van der Waals surface area contributed by atoms with Crippen molar-refractivity contribution in [1.29, 1.82) is 0 Å². The quantitative estimate of drug-likeness (QED) is 0.371. The Balaban J connectivity index is 2.24. The third kappa shape index (κ3) is 3.68. The number of halogens is 6. The van der Waals surface area contributed by atoms with Crippen LogP contribution in [0.15, 0.2) is 30.3 Å². The van der Waals surface area contributed by atoms with Crippen molar-refractivity contribution in [2.45, 2.75) is 0 Å². The molecule has 0 heterocycles. The second-order valence-corrected chi connectivity index (χ2v) is 4.76. The summed E-state index contributed by atoms with van der Waals surface area (Å²) in [6.45, 7) is 0. The van der Waals surface area contributed by atoms with E-state index in [0.717, 1.165) is 6.08 Å². The molecule has 0 radical (unpaired) electrons. The van der Waals surface area contributed by atoms with Crippen LogP contribution in [-0.4, -0.2) is 5.91 Å². The third-order valence-electron chi connectivity index (χ3n) is 2.73. The largest absolute Gasteiger partial charge is 0.317 e. The van der Waals surface area contributed by atoms with Gasteiger partial charge in [0, 0.05) is 11.1 Å². The molecule has 8 heteroatoms. The van der Waals surface area contributed by atoms with Gasteiger partial charge in [0.25, 0.3) is 0 Å². The molecule has 2 aromatic carbocycles. The Morgan fingerprint density at radius 2 is 1.52 bits per heavy atom. The van der Waals surface area contributed by atoms with Gasteiger partial charge in [-0.2, -0.15) is 0 Å². The molecule has 1 N–H and O–H groups in total. The van der Waals surface area contributed by atoms with Crippen LogP contribution < -0.4 is 5.32 Å². The van der Waals surface area contributed by atoms with Crippen molar-refractivity contribution in [3.8, 4) is 0 Å². The number of amides is 1. The zero-order valence-electron chi connectivity index (χ0n) is 11.1. The topological polar surface area (TPSA) is 29.1 Å². The Hall–Kier alpha value is -2.41. The second kappa shape index (κ2) is 6.78. The van der Waals surface area contributed by atoms with Crippen molar-refractivity contribution >= 4 is 29.3 Å². The van der Waals surface area contributed by atoms with Crippen LogP contribution in [0.3, 0.4) is 0 Å². The summed E-state index contributed by atoms with van der Waals surface area (Å²) in [5.74, 6) is -11.9. The highest BCUT2D eigenvalue weighted by molar-refractivity contribution is 6.30. The molecule has 0 saturated carbocycles. The minimum atomic E-state index is -2.30. The lowest BCUT2D eigenvalue weighted by Gasteiger charge is -2.08. The van der Waals surface area contributed by atoms with E-state index in [2.05, 4.69) is 0 Å². The first-order chi connectivity index (χ1) is 10.8. The molecule has 0 saturated heterocycles. The molecule has 2 rings (SSSR count). The molecule has 1 amide bonds. The molecule has 2 nitrogen and oxygen atoms in total. The molecule has 0 unspecified atom stereocenters. The molecule has 0 aliphatic rings. The Labute approximate surface area is 132 Å². The predicted octanol–water partition coefficient (Wildman–Crippen LogP) is 4.69.